The van der Waals surface area contributed by atoms with Crippen LogP contribution in [0.15, 0.2) is 48.5 Å². The quantitative estimate of drug-likeness (QED) is 0.586. The number of carbonyl (C=O) groups excluding carboxylic acids is 2. The van der Waals surface area contributed by atoms with Crippen molar-refractivity contribution in [1.29, 1.82) is 0 Å². The first-order valence-electron chi connectivity index (χ1n) is 7.57. The van der Waals surface area contributed by atoms with Crippen molar-refractivity contribution < 1.29 is 34.0 Å². The molecule has 7 nitrogen and oxygen atoms in total. The molecule has 2 aromatic carbocycles. The van der Waals surface area contributed by atoms with Crippen LogP contribution in [0.3, 0.4) is 0 Å². The van der Waals surface area contributed by atoms with Crippen molar-refractivity contribution in [2.45, 2.75) is 13.2 Å². The van der Waals surface area contributed by atoms with E-state index < -0.39 is 18.2 Å². The van der Waals surface area contributed by atoms with Gasteiger partial charge in [-0.3, -0.25) is 0 Å². The average Bonchev–Trinajstić information content (AvgIpc) is 2.60. The number of hydrogen-bond donors (Lipinski definition) is 2. The third-order valence-electron chi connectivity index (χ3n) is 3.14. The Morgan fingerprint density at radius 1 is 0.840 bits per heavy atom. The zero-order chi connectivity index (χ0) is 18.2. The summed E-state index contributed by atoms with van der Waals surface area (Å²) >= 11 is 0. The second kappa shape index (κ2) is 8.70. The SMILES string of the molecule is CCOCC(OC(=O)c1ccc(O)cc1)OC(=O)c1ccc(O)cc1. The van der Waals surface area contributed by atoms with E-state index in [4.69, 9.17) is 14.2 Å². The normalized spacial score (nSPS) is 10.5. The molecular weight excluding hydrogens is 328 g/mol. The summed E-state index contributed by atoms with van der Waals surface area (Å²) in [7, 11) is 0. The van der Waals surface area contributed by atoms with E-state index in [9.17, 15) is 19.8 Å². The number of ether oxygens (including phenoxy) is 3. The number of esters is 2. The Morgan fingerprint density at radius 3 is 1.60 bits per heavy atom. The average molecular weight is 346 g/mol. The molecule has 0 amide bonds. The van der Waals surface area contributed by atoms with Crippen molar-refractivity contribution in [3.8, 4) is 11.5 Å². The van der Waals surface area contributed by atoms with Crippen LogP contribution in [-0.4, -0.2) is 41.7 Å². The molecule has 0 spiro atoms. The van der Waals surface area contributed by atoms with Crippen LogP contribution in [0, 0.1) is 0 Å². The summed E-state index contributed by atoms with van der Waals surface area (Å²) in [6.07, 6.45) is -1.23. The molecule has 0 bridgehead atoms. The molecule has 0 aromatic heterocycles. The fourth-order valence-corrected chi connectivity index (χ4v) is 1.88. The highest BCUT2D eigenvalue weighted by atomic mass is 16.7. The Bertz CT molecular complexity index is 648. The molecule has 2 N–H and O–H groups in total. The highest BCUT2D eigenvalue weighted by Gasteiger charge is 2.21. The summed E-state index contributed by atoms with van der Waals surface area (Å²) in [4.78, 5) is 24.2. The van der Waals surface area contributed by atoms with Crippen molar-refractivity contribution in [2.75, 3.05) is 13.2 Å². The van der Waals surface area contributed by atoms with Crippen LogP contribution in [0.25, 0.3) is 0 Å². The van der Waals surface area contributed by atoms with Crippen LogP contribution in [-0.2, 0) is 14.2 Å². The highest BCUT2D eigenvalue weighted by Crippen LogP contribution is 2.14. The van der Waals surface area contributed by atoms with Crippen LogP contribution in [0.5, 0.6) is 11.5 Å². The van der Waals surface area contributed by atoms with E-state index in [0.29, 0.717) is 6.61 Å². The van der Waals surface area contributed by atoms with Gasteiger partial charge in [0.2, 0.25) is 0 Å². The van der Waals surface area contributed by atoms with Gasteiger partial charge in [-0.1, -0.05) is 0 Å². The van der Waals surface area contributed by atoms with E-state index >= 15 is 0 Å². The van der Waals surface area contributed by atoms with E-state index in [1.165, 1.54) is 48.5 Å². The van der Waals surface area contributed by atoms with Crippen molar-refractivity contribution in [1.82, 2.24) is 0 Å². The molecule has 0 heterocycles. The number of hydrogen-bond acceptors (Lipinski definition) is 7. The van der Waals surface area contributed by atoms with E-state index in [2.05, 4.69) is 0 Å². The van der Waals surface area contributed by atoms with Gasteiger partial charge in [0.1, 0.15) is 18.1 Å². The van der Waals surface area contributed by atoms with Gasteiger partial charge in [0.15, 0.2) is 0 Å². The predicted molar refractivity (Wildman–Crippen MR) is 87.3 cm³/mol. The van der Waals surface area contributed by atoms with E-state index in [0.717, 1.165) is 0 Å². The predicted octanol–water partition coefficient (Wildman–Crippen LogP) is 2.47. The fraction of sp³-hybridized carbons (Fsp3) is 0.222. The van der Waals surface area contributed by atoms with Gasteiger partial charge in [-0.25, -0.2) is 9.59 Å². The van der Waals surface area contributed by atoms with Gasteiger partial charge in [0, 0.05) is 6.61 Å². The van der Waals surface area contributed by atoms with Crippen LogP contribution in [0.2, 0.25) is 0 Å². The fourth-order valence-electron chi connectivity index (χ4n) is 1.88. The monoisotopic (exact) mass is 346 g/mol. The zero-order valence-electron chi connectivity index (χ0n) is 13.5. The Morgan fingerprint density at radius 2 is 1.24 bits per heavy atom. The number of phenols is 2. The van der Waals surface area contributed by atoms with Crippen LogP contribution in [0.1, 0.15) is 27.6 Å². The maximum Gasteiger partial charge on any atom is 0.341 e. The van der Waals surface area contributed by atoms with E-state index in [1.54, 1.807) is 6.92 Å². The van der Waals surface area contributed by atoms with E-state index in [1.807, 2.05) is 0 Å². The van der Waals surface area contributed by atoms with Crippen molar-refractivity contribution >= 4 is 11.9 Å². The Hall–Kier alpha value is -3.06. The molecule has 2 aromatic rings. The molecule has 0 radical (unpaired) electrons. The first-order valence-corrected chi connectivity index (χ1v) is 7.57. The molecular formula is C18H18O7. The maximum absolute atomic E-state index is 12.1. The largest absolute Gasteiger partial charge is 0.508 e. The lowest BCUT2D eigenvalue weighted by atomic mass is 10.2. The number of phenolic OH excluding ortho intramolecular Hbond substituents is 2. The minimum atomic E-state index is -1.23. The molecule has 0 saturated carbocycles. The molecule has 7 heteroatoms. The lowest BCUT2D eigenvalue weighted by molar-refractivity contribution is -0.113. The van der Waals surface area contributed by atoms with Gasteiger partial charge in [0.25, 0.3) is 6.29 Å². The molecule has 2 rings (SSSR count). The number of rotatable bonds is 7. The van der Waals surface area contributed by atoms with E-state index in [-0.39, 0.29) is 29.2 Å². The third kappa shape index (κ3) is 5.50. The molecule has 0 fully saturated rings. The molecule has 0 aliphatic carbocycles. The van der Waals surface area contributed by atoms with Crippen molar-refractivity contribution in [3.05, 3.63) is 59.7 Å². The van der Waals surface area contributed by atoms with Gasteiger partial charge in [-0.2, -0.15) is 0 Å². The number of benzene rings is 2. The summed E-state index contributed by atoms with van der Waals surface area (Å²) in [5, 5.41) is 18.5. The first kappa shape index (κ1) is 18.3. The topological polar surface area (TPSA) is 102 Å². The third-order valence-corrected chi connectivity index (χ3v) is 3.14. The molecule has 0 aliphatic heterocycles. The molecule has 0 saturated heterocycles. The smallest absolute Gasteiger partial charge is 0.341 e. The molecule has 0 unspecified atom stereocenters. The number of carbonyl (C=O) groups is 2. The summed E-state index contributed by atoms with van der Waals surface area (Å²) in [5.74, 6) is -1.41. The van der Waals surface area contributed by atoms with Crippen LogP contribution in [0.4, 0.5) is 0 Å². The van der Waals surface area contributed by atoms with Gasteiger partial charge in [-0.05, 0) is 55.5 Å². The Balaban J connectivity index is 2.04. The summed E-state index contributed by atoms with van der Waals surface area (Å²) in [6, 6.07) is 10.9. The standard InChI is InChI=1S/C18H18O7/c1-2-23-11-16(24-17(21)12-3-7-14(19)8-4-12)25-18(22)13-5-9-15(20)10-6-13/h3-10,16,19-20H,2,11H2,1H3. The number of aromatic hydroxyl groups is 2. The van der Waals surface area contributed by atoms with Gasteiger partial charge >= 0.3 is 11.9 Å². The van der Waals surface area contributed by atoms with Gasteiger partial charge in [0.05, 0.1) is 11.1 Å². The summed E-state index contributed by atoms with van der Waals surface area (Å²) < 4.78 is 15.5. The maximum atomic E-state index is 12.1. The molecule has 0 atom stereocenters. The lowest BCUT2D eigenvalue weighted by Crippen LogP contribution is -2.29. The first-order chi connectivity index (χ1) is 12.0. The van der Waals surface area contributed by atoms with Crippen LogP contribution < -0.4 is 0 Å². The minimum Gasteiger partial charge on any atom is -0.508 e. The van der Waals surface area contributed by atoms with Crippen molar-refractivity contribution in [2.24, 2.45) is 0 Å². The second-order valence-electron chi connectivity index (χ2n) is 4.99. The lowest BCUT2D eigenvalue weighted by Gasteiger charge is -2.18. The van der Waals surface area contributed by atoms with Crippen LogP contribution >= 0.6 is 0 Å². The summed E-state index contributed by atoms with van der Waals surface area (Å²) in [6.45, 7) is 1.98. The van der Waals surface area contributed by atoms with Crippen molar-refractivity contribution in [3.63, 3.8) is 0 Å². The Labute approximate surface area is 144 Å². The van der Waals surface area contributed by atoms with Gasteiger partial charge in [-0.15, -0.1) is 0 Å². The second-order valence-corrected chi connectivity index (χ2v) is 4.99. The minimum absolute atomic E-state index is 0.0150. The molecule has 25 heavy (non-hydrogen) atoms. The van der Waals surface area contributed by atoms with Gasteiger partial charge < -0.3 is 24.4 Å². The zero-order valence-corrected chi connectivity index (χ0v) is 13.5. The summed E-state index contributed by atoms with van der Waals surface area (Å²) in [5.41, 5.74) is 0.389. The molecule has 132 valence electrons. The molecule has 0 aliphatic rings. The Kier molecular flexibility index (Phi) is 6.36. The highest BCUT2D eigenvalue weighted by molar-refractivity contribution is 5.91.